The van der Waals surface area contributed by atoms with E-state index in [9.17, 15) is 8.42 Å². The van der Waals surface area contributed by atoms with Crippen LogP contribution in [0.25, 0.3) is 0 Å². The van der Waals surface area contributed by atoms with Crippen LogP contribution in [0.5, 0.6) is 5.75 Å². The lowest BCUT2D eigenvalue weighted by molar-refractivity contribution is 0.364. The Kier molecular flexibility index (Phi) is 4.49. The summed E-state index contributed by atoms with van der Waals surface area (Å²) < 4.78 is 35.3. The number of rotatable bonds is 4. The van der Waals surface area contributed by atoms with E-state index in [4.69, 9.17) is 4.74 Å². The average molecular weight is 383 g/mol. The molecule has 0 fully saturated rings. The molecule has 0 aliphatic carbocycles. The van der Waals surface area contributed by atoms with E-state index in [-0.39, 0.29) is 10.8 Å². The largest absolute Gasteiger partial charge is 0.495 e. The van der Waals surface area contributed by atoms with E-state index in [0.29, 0.717) is 18.8 Å². The van der Waals surface area contributed by atoms with Crippen molar-refractivity contribution >= 4 is 10.0 Å². The highest BCUT2D eigenvalue weighted by Crippen LogP contribution is 2.37. The third kappa shape index (κ3) is 3.13. The third-order valence-corrected chi connectivity index (χ3v) is 6.83. The first kappa shape index (κ1) is 17.8. The molecule has 0 N–H and O–H groups in total. The first-order valence-electron chi connectivity index (χ1n) is 8.70. The number of hydrogen-bond donors (Lipinski definition) is 0. The zero-order valence-corrected chi connectivity index (χ0v) is 16.1. The number of aryl methyl sites for hydroxylation is 1. The van der Waals surface area contributed by atoms with Crippen molar-refractivity contribution in [2.24, 2.45) is 7.05 Å². The van der Waals surface area contributed by atoms with Crippen molar-refractivity contribution in [3.63, 3.8) is 0 Å². The number of hydrogen-bond acceptors (Lipinski definition) is 4. The zero-order chi connectivity index (χ0) is 19.0. The summed E-state index contributed by atoms with van der Waals surface area (Å²) in [5.74, 6) is 0.294. The molecular weight excluding hydrogens is 362 g/mol. The summed E-state index contributed by atoms with van der Waals surface area (Å²) in [4.78, 5) is 0.191. The minimum Gasteiger partial charge on any atom is -0.495 e. The second-order valence-electron chi connectivity index (χ2n) is 6.65. The highest BCUT2D eigenvalue weighted by Gasteiger charge is 2.35. The van der Waals surface area contributed by atoms with Crippen LogP contribution in [0.4, 0.5) is 0 Å². The van der Waals surface area contributed by atoms with Crippen molar-refractivity contribution in [3.8, 4) is 5.75 Å². The number of para-hydroxylation sites is 1. The summed E-state index contributed by atoms with van der Waals surface area (Å²) in [5.41, 5.74) is 3.16. The van der Waals surface area contributed by atoms with Crippen LogP contribution in [-0.2, 0) is 23.6 Å². The van der Waals surface area contributed by atoms with Gasteiger partial charge in [0.25, 0.3) is 0 Å². The lowest BCUT2D eigenvalue weighted by Gasteiger charge is -2.33. The molecule has 1 aliphatic heterocycles. The number of methoxy groups -OCH3 is 1. The second kappa shape index (κ2) is 6.83. The summed E-state index contributed by atoms with van der Waals surface area (Å²) >= 11 is 0. The summed E-state index contributed by atoms with van der Waals surface area (Å²) in [6.45, 7) is 0.705. The molecule has 2 heterocycles. The number of fused-ring (bicyclic) bond motifs is 1. The van der Waals surface area contributed by atoms with Crippen LogP contribution in [0.3, 0.4) is 0 Å². The normalized spacial score (nSPS) is 17.5. The van der Waals surface area contributed by atoms with E-state index in [2.05, 4.69) is 11.2 Å². The predicted molar refractivity (Wildman–Crippen MR) is 102 cm³/mol. The van der Waals surface area contributed by atoms with Gasteiger partial charge in [-0.3, -0.25) is 4.68 Å². The molecule has 1 atom stereocenters. The van der Waals surface area contributed by atoms with Crippen molar-refractivity contribution in [2.45, 2.75) is 17.4 Å². The number of benzene rings is 2. The maximum Gasteiger partial charge on any atom is 0.247 e. The molecule has 27 heavy (non-hydrogen) atoms. The molecule has 0 unspecified atom stereocenters. The topological polar surface area (TPSA) is 64.4 Å². The van der Waals surface area contributed by atoms with Gasteiger partial charge in [-0.05, 0) is 28.8 Å². The Morgan fingerprint density at radius 1 is 1.11 bits per heavy atom. The number of aromatic nitrogens is 2. The summed E-state index contributed by atoms with van der Waals surface area (Å²) in [6.07, 6.45) is 3.75. The quantitative estimate of drug-likeness (QED) is 0.695. The van der Waals surface area contributed by atoms with Crippen molar-refractivity contribution in [2.75, 3.05) is 13.7 Å². The molecule has 4 rings (SSSR count). The maximum atomic E-state index is 13.4. The van der Waals surface area contributed by atoms with Gasteiger partial charge in [0.05, 0.1) is 13.3 Å². The van der Waals surface area contributed by atoms with E-state index in [0.717, 1.165) is 16.7 Å². The van der Waals surface area contributed by atoms with E-state index in [1.54, 1.807) is 35.1 Å². The minimum absolute atomic E-state index is 0.0619. The van der Waals surface area contributed by atoms with Gasteiger partial charge in [0.1, 0.15) is 10.6 Å². The van der Waals surface area contributed by atoms with Gasteiger partial charge in [-0.25, -0.2) is 8.42 Å². The Hall–Kier alpha value is -2.64. The van der Waals surface area contributed by atoms with E-state index in [1.165, 1.54) is 11.4 Å². The van der Waals surface area contributed by atoms with Gasteiger partial charge >= 0.3 is 0 Å². The van der Waals surface area contributed by atoms with Gasteiger partial charge in [0, 0.05) is 32.3 Å². The first-order valence-corrected chi connectivity index (χ1v) is 10.1. The van der Waals surface area contributed by atoms with Crippen LogP contribution in [0.15, 0.2) is 65.8 Å². The molecule has 0 bridgehead atoms. The van der Waals surface area contributed by atoms with Gasteiger partial charge in [0.2, 0.25) is 10.0 Å². The van der Waals surface area contributed by atoms with Crippen LogP contribution in [0.2, 0.25) is 0 Å². The monoisotopic (exact) mass is 383 g/mol. The lowest BCUT2D eigenvalue weighted by atomic mass is 9.87. The van der Waals surface area contributed by atoms with Gasteiger partial charge < -0.3 is 4.74 Å². The van der Waals surface area contributed by atoms with Gasteiger partial charge in [-0.2, -0.15) is 9.40 Å². The maximum absolute atomic E-state index is 13.4. The van der Waals surface area contributed by atoms with Crippen LogP contribution >= 0.6 is 0 Å². The van der Waals surface area contributed by atoms with E-state index < -0.39 is 10.0 Å². The minimum atomic E-state index is -3.70. The molecule has 0 radical (unpaired) electrons. The first-order chi connectivity index (χ1) is 13.0. The molecule has 1 aliphatic rings. The van der Waals surface area contributed by atoms with Crippen LogP contribution in [-0.4, -0.2) is 36.2 Å². The molecule has 7 heteroatoms. The second-order valence-corrected chi connectivity index (χ2v) is 8.55. The molecular formula is C20H21N3O3S. The predicted octanol–water partition coefficient (Wildman–Crippen LogP) is 2.77. The highest BCUT2D eigenvalue weighted by molar-refractivity contribution is 7.89. The van der Waals surface area contributed by atoms with Crippen molar-refractivity contribution < 1.29 is 13.2 Å². The van der Waals surface area contributed by atoms with E-state index in [1.807, 2.05) is 31.4 Å². The standard InChI is InChI=1S/C20H21N3O3S/c1-22-12-16(11-21-22)18-14-23(13-15-7-3-4-8-17(15)18)27(24,25)20-10-6-5-9-19(20)26-2/h3-12,18H,13-14H2,1-2H3/t18-/m1/s1. The van der Waals surface area contributed by atoms with Crippen LogP contribution in [0.1, 0.15) is 22.6 Å². The molecule has 2 aromatic carbocycles. The number of ether oxygens (including phenoxy) is 1. The smallest absolute Gasteiger partial charge is 0.247 e. The molecule has 0 spiro atoms. The third-order valence-electron chi connectivity index (χ3n) is 4.98. The molecule has 140 valence electrons. The van der Waals surface area contributed by atoms with Crippen LogP contribution < -0.4 is 4.74 Å². The zero-order valence-electron chi connectivity index (χ0n) is 15.2. The fourth-order valence-electron chi connectivity index (χ4n) is 3.63. The summed E-state index contributed by atoms with van der Waals surface area (Å²) in [5, 5.41) is 4.27. The number of nitrogens with zero attached hydrogens (tertiary/aromatic N) is 3. The van der Waals surface area contributed by atoms with Crippen molar-refractivity contribution in [1.82, 2.24) is 14.1 Å². The average Bonchev–Trinajstić information content (AvgIpc) is 3.13. The molecule has 0 saturated carbocycles. The Morgan fingerprint density at radius 3 is 2.59 bits per heavy atom. The molecule has 0 amide bonds. The Balaban J connectivity index is 1.79. The fraction of sp³-hybridized carbons (Fsp3) is 0.250. The molecule has 6 nitrogen and oxygen atoms in total. The lowest BCUT2D eigenvalue weighted by Crippen LogP contribution is -2.38. The van der Waals surface area contributed by atoms with E-state index >= 15 is 0 Å². The van der Waals surface area contributed by atoms with Crippen LogP contribution in [0, 0.1) is 0 Å². The highest BCUT2D eigenvalue weighted by atomic mass is 32.2. The summed E-state index contributed by atoms with van der Waals surface area (Å²) in [7, 11) is -0.353. The Labute approximate surface area is 159 Å². The molecule has 1 aromatic heterocycles. The molecule has 3 aromatic rings. The Bertz CT molecular complexity index is 1080. The van der Waals surface area contributed by atoms with Gasteiger partial charge in [-0.1, -0.05) is 36.4 Å². The van der Waals surface area contributed by atoms with Gasteiger partial charge in [0.15, 0.2) is 0 Å². The van der Waals surface area contributed by atoms with Gasteiger partial charge in [-0.15, -0.1) is 0 Å². The summed E-state index contributed by atoms with van der Waals surface area (Å²) in [6, 6.07) is 14.7. The van der Waals surface area contributed by atoms with Crippen molar-refractivity contribution in [1.29, 1.82) is 0 Å². The number of sulfonamides is 1. The molecule has 0 saturated heterocycles. The Morgan fingerprint density at radius 2 is 1.85 bits per heavy atom. The SMILES string of the molecule is COc1ccccc1S(=O)(=O)N1Cc2ccccc2[C@@H](c2cnn(C)c2)C1. The van der Waals surface area contributed by atoms with Crippen molar-refractivity contribution in [3.05, 3.63) is 77.6 Å². The fourth-order valence-corrected chi connectivity index (χ4v) is 5.22.